The first kappa shape index (κ1) is 16.0. The third kappa shape index (κ3) is 4.31. The van der Waals surface area contributed by atoms with Crippen LogP contribution in [0.15, 0.2) is 48.8 Å². The molecule has 0 radical (unpaired) electrons. The molecule has 0 fully saturated rings. The Morgan fingerprint density at radius 3 is 2.27 bits per heavy atom. The first-order valence-corrected chi connectivity index (χ1v) is 6.73. The van der Waals surface area contributed by atoms with E-state index in [1.807, 2.05) is 19.1 Å². The number of carbonyl (C=O) groups is 1. The van der Waals surface area contributed by atoms with E-state index >= 15 is 0 Å². The zero-order valence-corrected chi connectivity index (χ0v) is 11.9. The summed E-state index contributed by atoms with van der Waals surface area (Å²) in [5.74, 6) is -0.393. The smallest absolute Gasteiger partial charge is 0.349 e. The lowest BCUT2D eigenvalue weighted by molar-refractivity contribution is -0.137. The van der Waals surface area contributed by atoms with Gasteiger partial charge in [-0.15, -0.1) is 0 Å². The molecule has 6 heteroatoms. The predicted octanol–water partition coefficient (Wildman–Crippen LogP) is 3.46. The summed E-state index contributed by atoms with van der Waals surface area (Å²) >= 11 is 0. The number of benzene rings is 1. The Bertz CT molecular complexity index is 624. The zero-order chi connectivity index (χ0) is 16.2. The molecule has 1 amide bonds. The Labute approximate surface area is 126 Å². The summed E-state index contributed by atoms with van der Waals surface area (Å²) in [6.07, 6.45) is -0.446. The van der Waals surface area contributed by atoms with Crippen molar-refractivity contribution in [2.24, 2.45) is 0 Å². The molecule has 2 aromatic rings. The van der Waals surface area contributed by atoms with Gasteiger partial charge in [0, 0.05) is 24.0 Å². The van der Waals surface area contributed by atoms with Gasteiger partial charge in [0.25, 0.3) is 5.91 Å². The van der Waals surface area contributed by atoms with E-state index in [9.17, 15) is 18.0 Å². The van der Waals surface area contributed by atoms with Crippen molar-refractivity contribution >= 4 is 5.91 Å². The Morgan fingerprint density at radius 1 is 1.14 bits per heavy atom. The lowest BCUT2D eigenvalue weighted by atomic mass is 10.1. The molecule has 0 aliphatic heterocycles. The number of hydrogen-bond acceptors (Lipinski definition) is 2. The van der Waals surface area contributed by atoms with Gasteiger partial charge in [-0.3, -0.25) is 9.78 Å². The molecule has 0 saturated carbocycles. The van der Waals surface area contributed by atoms with E-state index in [-0.39, 0.29) is 11.6 Å². The normalized spacial score (nSPS) is 12.7. The summed E-state index contributed by atoms with van der Waals surface area (Å²) in [4.78, 5) is 15.9. The molecule has 1 aromatic carbocycles. The van der Waals surface area contributed by atoms with Crippen LogP contribution in [0.1, 0.15) is 28.4 Å². The molecular formula is C16H15F3N2O. The topological polar surface area (TPSA) is 42.0 Å². The molecule has 1 unspecified atom stereocenters. The minimum Gasteiger partial charge on any atom is -0.349 e. The van der Waals surface area contributed by atoms with Crippen LogP contribution in [-0.2, 0) is 12.6 Å². The highest BCUT2D eigenvalue weighted by atomic mass is 19.4. The van der Waals surface area contributed by atoms with Gasteiger partial charge in [0.1, 0.15) is 0 Å². The van der Waals surface area contributed by atoms with Crippen LogP contribution in [0.4, 0.5) is 13.2 Å². The van der Waals surface area contributed by atoms with Crippen molar-refractivity contribution in [3.63, 3.8) is 0 Å². The van der Waals surface area contributed by atoms with Crippen LogP contribution in [0.3, 0.4) is 0 Å². The van der Waals surface area contributed by atoms with E-state index in [1.54, 1.807) is 12.4 Å². The maximum Gasteiger partial charge on any atom is 0.416 e. The van der Waals surface area contributed by atoms with E-state index in [4.69, 9.17) is 0 Å². The summed E-state index contributed by atoms with van der Waals surface area (Å²) in [7, 11) is 0. The van der Waals surface area contributed by atoms with E-state index in [1.165, 1.54) is 12.1 Å². The first-order valence-electron chi connectivity index (χ1n) is 6.73. The summed E-state index contributed by atoms with van der Waals surface area (Å²) in [5, 5.41) is 2.76. The molecule has 1 atom stereocenters. The molecular weight excluding hydrogens is 293 g/mol. The number of alkyl halides is 3. The zero-order valence-electron chi connectivity index (χ0n) is 11.9. The minimum absolute atomic E-state index is 0.141. The number of nitrogens with one attached hydrogen (secondary N) is 1. The third-order valence-electron chi connectivity index (χ3n) is 3.14. The molecule has 0 aliphatic carbocycles. The van der Waals surface area contributed by atoms with Crippen LogP contribution in [0.5, 0.6) is 0 Å². The highest BCUT2D eigenvalue weighted by molar-refractivity contribution is 5.94. The molecule has 0 bridgehead atoms. The minimum atomic E-state index is -4.40. The second-order valence-corrected chi connectivity index (χ2v) is 5.01. The SMILES string of the molecule is CC(Cc1ccncc1)NC(=O)c1ccc(C(F)(F)F)cc1. The fourth-order valence-corrected chi connectivity index (χ4v) is 2.04. The Morgan fingerprint density at radius 2 is 1.73 bits per heavy atom. The molecule has 1 heterocycles. The second kappa shape index (κ2) is 6.60. The van der Waals surface area contributed by atoms with Crippen LogP contribution >= 0.6 is 0 Å². The number of aromatic nitrogens is 1. The summed E-state index contributed by atoms with van der Waals surface area (Å²) in [6, 6.07) is 7.72. The van der Waals surface area contributed by atoms with Crippen molar-refractivity contribution in [3.8, 4) is 0 Å². The fourth-order valence-electron chi connectivity index (χ4n) is 2.04. The third-order valence-corrected chi connectivity index (χ3v) is 3.14. The number of pyridine rings is 1. The van der Waals surface area contributed by atoms with E-state index in [2.05, 4.69) is 10.3 Å². The summed E-state index contributed by atoms with van der Waals surface area (Å²) in [6.45, 7) is 1.84. The predicted molar refractivity (Wildman–Crippen MR) is 76.3 cm³/mol. The molecule has 0 aliphatic rings. The Kier molecular flexibility index (Phi) is 4.80. The summed E-state index contributed by atoms with van der Waals surface area (Å²) < 4.78 is 37.4. The van der Waals surface area contributed by atoms with Gasteiger partial charge >= 0.3 is 6.18 Å². The molecule has 1 aromatic heterocycles. The molecule has 2 rings (SSSR count). The van der Waals surface area contributed by atoms with Gasteiger partial charge in [0.05, 0.1) is 5.56 Å². The highest BCUT2D eigenvalue weighted by Crippen LogP contribution is 2.29. The van der Waals surface area contributed by atoms with Gasteiger partial charge < -0.3 is 5.32 Å². The largest absolute Gasteiger partial charge is 0.416 e. The Balaban J connectivity index is 1.97. The maximum atomic E-state index is 12.5. The molecule has 0 saturated heterocycles. The standard InChI is InChI=1S/C16H15F3N2O/c1-11(10-12-6-8-20-9-7-12)21-15(22)13-2-4-14(5-3-13)16(17,18)19/h2-9,11H,10H2,1H3,(H,21,22). The number of carbonyl (C=O) groups excluding carboxylic acids is 1. The molecule has 0 spiro atoms. The second-order valence-electron chi connectivity index (χ2n) is 5.01. The molecule has 1 N–H and O–H groups in total. The van der Waals surface area contributed by atoms with Crippen LogP contribution in [0.2, 0.25) is 0 Å². The van der Waals surface area contributed by atoms with E-state index in [0.29, 0.717) is 6.42 Å². The number of rotatable bonds is 4. The van der Waals surface area contributed by atoms with Crippen molar-refractivity contribution in [1.29, 1.82) is 0 Å². The lowest BCUT2D eigenvalue weighted by Gasteiger charge is -2.14. The van der Waals surface area contributed by atoms with Gasteiger partial charge in [0.15, 0.2) is 0 Å². The van der Waals surface area contributed by atoms with Gasteiger partial charge in [0.2, 0.25) is 0 Å². The number of halogens is 3. The van der Waals surface area contributed by atoms with Crippen LogP contribution < -0.4 is 5.32 Å². The lowest BCUT2D eigenvalue weighted by Crippen LogP contribution is -2.34. The van der Waals surface area contributed by atoms with Crippen LogP contribution in [-0.4, -0.2) is 16.9 Å². The quantitative estimate of drug-likeness (QED) is 0.940. The number of nitrogens with zero attached hydrogens (tertiary/aromatic N) is 1. The average molecular weight is 308 g/mol. The summed E-state index contributed by atoms with van der Waals surface area (Å²) in [5.41, 5.74) is 0.457. The molecule has 116 valence electrons. The van der Waals surface area contributed by atoms with Gasteiger partial charge in [-0.2, -0.15) is 13.2 Å². The van der Waals surface area contributed by atoms with Crippen molar-refractivity contribution < 1.29 is 18.0 Å². The Hall–Kier alpha value is -2.37. The van der Waals surface area contributed by atoms with Crippen LogP contribution in [0.25, 0.3) is 0 Å². The van der Waals surface area contributed by atoms with Crippen molar-refractivity contribution in [2.75, 3.05) is 0 Å². The van der Waals surface area contributed by atoms with Crippen molar-refractivity contribution in [3.05, 3.63) is 65.5 Å². The maximum absolute atomic E-state index is 12.5. The molecule has 22 heavy (non-hydrogen) atoms. The number of hydrogen-bond donors (Lipinski definition) is 1. The van der Waals surface area contributed by atoms with Crippen LogP contribution in [0, 0.1) is 0 Å². The van der Waals surface area contributed by atoms with E-state index in [0.717, 1.165) is 17.7 Å². The molecule has 3 nitrogen and oxygen atoms in total. The van der Waals surface area contributed by atoms with Gasteiger partial charge in [-0.05, 0) is 55.3 Å². The van der Waals surface area contributed by atoms with Crippen molar-refractivity contribution in [2.45, 2.75) is 25.6 Å². The monoisotopic (exact) mass is 308 g/mol. The van der Waals surface area contributed by atoms with E-state index < -0.39 is 17.6 Å². The van der Waals surface area contributed by atoms with Gasteiger partial charge in [-0.25, -0.2) is 0 Å². The first-order chi connectivity index (χ1) is 10.4. The number of amides is 1. The highest BCUT2D eigenvalue weighted by Gasteiger charge is 2.30. The van der Waals surface area contributed by atoms with Gasteiger partial charge in [-0.1, -0.05) is 0 Å². The average Bonchev–Trinajstić information content (AvgIpc) is 2.47. The van der Waals surface area contributed by atoms with Crippen molar-refractivity contribution in [1.82, 2.24) is 10.3 Å². The fraction of sp³-hybridized carbons (Fsp3) is 0.250.